The highest BCUT2D eigenvalue weighted by Gasteiger charge is 2.26. The first kappa shape index (κ1) is 14.9. The van der Waals surface area contributed by atoms with Crippen LogP contribution in [-0.4, -0.2) is 28.2 Å². The molecule has 5 nitrogen and oxygen atoms in total. The molecular formula is C15H15FN2O3. The number of hydrogen-bond donors (Lipinski definition) is 1. The smallest absolute Gasteiger partial charge is 0.313 e. The summed E-state index contributed by atoms with van der Waals surface area (Å²) >= 11 is 0. The maximum Gasteiger partial charge on any atom is 0.313 e. The van der Waals surface area contributed by atoms with Gasteiger partial charge in [-0.1, -0.05) is 12.1 Å². The highest BCUT2D eigenvalue weighted by Crippen LogP contribution is 2.24. The molecule has 0 amide bonds. The Labute approximate surface area is 121 Å². The first-order valence-corrected chi connectivity index (χ1v) is 6.35. The van der Waals surface area contributed by atoms with Crippen molar-refractivity contribution in [2.45, 2.75) is 19.3 Å². The topological polar surface area (TPSA) is 72.3 Å². The van der Waals surface area contributed by atoms with Crippen molar-refractivity contribution in [2.75, 3.05) is 7.11 Å². The van der Waals surface area contributed by atoms with Crippen LogP contribution in [0.25, 0.3) is 0 Å². The first-order valence-electron chi connectivity index (χ1n) is 6.35. The van der Waals surface area contributed by atoms with E-state index in [4.69, 9.17) is 4.74 Å². The highest BCUT2D eigenvalue weighted by atomic mass is 19.1. The van der Waals surface area contributed by atoms with E-state index in [0.29, 0.717) is 5.75 Å². The molecule has 1 N–H and O–H groups in total. The zero-order chi connectivity index (χ0) is 15.4. The summed E-state index contributed by atoms with van der Waals surface area (Å²) in [4.78, 5) is 19.0. The van der Waals surface area contributed by atoms with Crippen LogP contribution in [0, 0.1) is 12.7 Å². The van der Waals surface area contributed by atoms with Crippen LogP contribution in [0.5, 0.6) is 5.75 Å². The predicted octanol–water partition coefficient (Wildman–Crippen LogP) is 2.34. The van der Waals surface area contributed by atoms with E-state index in [-0.39, 0.29) is 17.8 Å². The normalized spacial score (nSPS) is 12.0. The highest BCUT2D eigenvalue weighted by molar-refractivity contribution is 5.76. The number of ether oxygens (including phenoxy) is 1. The Hall–Kier alpha value is -2.50. The molecule has 0 radical (unpaired) electrons. The third-order valence-electron chi connectivity index (χ3n) is 3.22. The van der Waals surface area contributed by atoms with Gasteiger partial charge in [0.15, 0.2) is 5.82 Å². The zero-order valence-corrected chi connectivity index (χ0v) is 11.7. The number of halogens is 1. The fraction of sp³-hybridized carbons (Fsp3) is 0.267. The molecule has 2 rings (SSSR count). The average molecular weight is 290 g/mol. The second-order valence-corrected chi connectivity index (χ2v) is 4.60. The molecule has 0 aliphatic carbocycles. The van der Waals surface area contributed by atoms with Crippen LogP contribution in [-0.2, 0) is 11.2 Å². The lowest BCUT2D eigenvalue weighted by molar-refractivity contribution is -0.138. The number of hydrogen-bond acceptors (Lipinski definition) is 4. The molecular weight excluding hydrogens is 275 g/mol. The molecule has 110 valence electrons. The van der Waals surface area contributed by atoms with Crippen LogP contribution >= 0.6 is 0 Å². The van der Waals surface area contributed by atoms with Crippen molar-refractivity contribution in [3.05, 3.63) is 53.4 Å². The maximum atomic E-state index is 14.0. The third kappa shape index (κ3) is 3.34. The zero-order valence-electron chi connectivity index (χ0n) is 11.7. The Morgan fingerprint density at radius 3 is 2.57 bits per heavy atom. The molecule has 1 aromatic carbocycles. The minimum absolute atomic E-state index is 0.0918. The second kappa shape index (κ2) is 6.30. The van der Waals surface area contributed by atoms with Gasteiger partial charge in [-0.15, -0.1) is 0 Å². The summed E-state index contributed by atoms with van der Waals surface area (Å²) in [7, 11) is 1.55. The minimum Gasteiger partial charge on any atom is -0.497 e. The Bertz CT molecular complexity index is 644. The van der Waals surface area contributed by atoms with E-state index in [2.05, 4.69) is 9.97 Å². The van der Waals surface area contributed by atoms with E-state index in [0.717, 1.165) is 5.56 Å². The van der Waals surface area contributed by atoms with Gasteiger partial charge < -0.3 is 9.84 Å². The number of benzene rings is 1. The summed E-state index contributed by atoms with van der Waals surface area (Å²) in [5, 5.41) is 9.35. The van der Waals surface area contributed by atoms with Crippen LogP contribution in [0.1, 0.15) is 22.9 Å². The summed E-state index contributed by atoms with van der Waals surface area (Å²) in [6.07, 6.45) is 1.32. The van der Waals surface area contributed by atoms with E-state index in [9.17, 15) is 14.3 Å². The van der Waals surface area contributed by atoms with E-state index >= 15 is 0 Å². The minimum atomic E-state index is -1.12. The van der Waals surface area contributed by atoms with Crippen LogP contribution in [0.4, 0.5) is 4.39 Å². The molecule has 0 saturated heterocycles. The lowest BCUT2D eigenvalue weighted by Crippen LogP contribution is -2.18. The van der Waals surface area contributed by atoms with Crippen molar-refractivity contribution < 1.29 is 19.0 Å². The second-order valence-electron chi connectivity index (χ2n) is 4.60. The fourth-order valence-electron chi connectivity index (χ4n) is 2.02. The number of aliphatic carboxylic acids is 1. The van der Waals surface area contributed by atoms with Crippen molar-refractivity contribution in [2.24, 2.45) is 0 Å². The summed E-state index contributed by atoms with van der Waals surface area (Å²) in [5.41, 5.74) is 0.811. The van der Waals surface area contributed by atoms with Crippen LogP contribution < -0.4 is 4.74 Å². The SMILES string of the molecule is COc1ccc(CC(C(=O)O)c2ncnc(C)c2F)cc1. The maximum absolute atomic E-state index is 14.0. The Balaban J connectivity index is 2.31. The lowest BCUT2D eigenvalue weighted by atomic mass is 9.95. The van der Waals surface area contributed by atoms with Crippen molar-refractivity contribution in [3.8, 4) is 5.75 Å². The van der Waals surface area contributed by atoms with E-state index < -0.39 is 17.7 Å². The van der Waals surface area contributed by atoms with Gasteiger partial charge in [0.2, 0.25) is 0 Å². The Morgan fingerprint density at radius 1 is 1.33 bits per heavy atom. The Kier molecular flexibility index (Phi) is 4.47. The van der Waals surface area contributed by atoms with Gasteiger partial charge >= 0.3 is 5.97 Å². The molecule has 0 aliphatic heterocycles. The number of nitrogens with zero attached hydrogens (tertiary/aromatic N) is 2. The third-order valence-corrected chi connectivity index (χ3v) is 3.22. The van der Waals surface area contributed by atoms with Gasteiger partial charge in [-0.25, -0.2) is 14.4 Å². The molecule has 21 heavy (non-hydrogen) atoms. The molecule has 1 unspecified atom stereocenters. The summed E-state index contributed by atoms with van der Waals surface area (Å²) in [6.45, 7) is 1.48. The number of carboxylic acids is 1. The fourth-order valence-corrected chi connectivity index (χ4v) is 2.02. The number of carboxylic acid groups (broad SMARTS) is 1. The monoisotopic (exact) mass is 290 g/mol. The standard InChI is InChI=1S/C15H15FN2O3/c1-9-13(16)14(18-8-17-9)12(15(19)20)7-10-3-5-11(21-2)6-4-10/h3-6,8,12H,7H2,1-2H3,(H,19,20). The van der Waals surface area contributed by atoms with Crippen LogP contribution in [0.15, 0.2) is 30.6 Å². The number of aryl methyl sites for hydroxylation is 1. The molecule has 0 fully saturated rings. The molecule has 0 aliphatic rings. The molecule has 0 bridgehead atoms. The van der Waals surface area contributed by atoms with Gasteiger partial charge in [0.05, 0.1) is 18.5 Å². The van der Waals surface area contributed by atoms with Crippen LogP contribution in [0.3, 0.4) is 0 Å². The van der Waals surface area contributed by atoms with Gasteiger partial charge in [-0.2, -0.15) is 0 Å². The molecule has 6 heteroatoms. The van der Waals surface area contributed by atoms with Gasteiger partial charge in [-0.3, -0.25) is 4.79 Å². The van der Waals surface area contributed by atoms with Crippen molar-refractivity contribution >= 4 is 5.97 Å². The summed E-state index contributed by atoms with van der Waals surface area (Å²) in [5.74, 6) is -2.17. The number of carbonyl (C=O) groups is 1. The average Bonchev–Trinajstić information content (AvgIpc) is 2.48. The molecule has 2 aromatic rings. The number of methoxy groups -OCH3 is 1. The first-order chi connectivity index (χ1) is 10.0. The van der Waals surface area contributed by atoms with E-state index in [1.165, 1.54) is 13.3 Å². The molecule has 1 heterocycles. The lowest BCUT2D eigenvalue weighted by Gasteiger charge is -2.13. The number of aromatic nitrogens is 2. The van der Waals surface area contributed by atoms with E-state index in [1.54, 1.807) is 31.4 Å². The predicted molar refractivity (Wildman–Crippen MR) is 73.8 cm³/mol. The molecule has 0 spiro atoms. The number of rotatable bonds is 5. The van der Waals surface area contributed by atoms with Gasteiger partial charge in [-0.05, 0) is 31.0 Å². The quantitative estimate of drug-likeness (QED) is 0.915. The van der Waals surface area contributed by atoms with Gasteiger partial charge in [0.25, 0.3) is 0 Å². The van der Waals surface area contributed by atoms with Crippen molar-refractivity contribution in [1.29, 1.82) is 0 Å². The van der Waals surface area contributed by atoms with Crippen LogP contribution in [0.2, 0.25) is 0 Å². The molecule has 1 aromatic heterocycles. The van der Waals surface area contributed by atoms with Crippen molar-refractivity contribution in [3.63, 3.8) is 0 Å². The van der Waals surface area contributed by atoms with Crippen molar-refractivity contribution in [1.82, 2.24) is 9.97 Å². The van der Waals surface area contributed by atoms with Gasteiger partial charge in [0.1, 0.15) is 18.0 Å². The Morgan fingerprint density at radius 2 is 2.00 bits per heavy atom. The summed E-state index contributed by atoms with van der Waals surface area (Å²) < 4.78 is 19.1. The van der Waals surface area contributed by atoms with Gasteiger partial charge in [0, 0.05) is 0 Å². The molecule has 0 saturated carbocycles. The summed E-state index contributed by atoms with van der Waals surface area (Å²) in [6, 6.07) is 6.97. The molecule has 1 atom stereocenters. The van der Waals surface area contributed by atoms with E-state index in [1.807, 2.05) is 0 Å². The largest absolute Gasteiger partial charge is 0.497 e.